The summed E-state index contributed by atoms with van der Waals surface area (Å²) < 4.78 is 5.44. The van der Waals surface area contributed by atoms with E-state index in [-0.39, 0.29) is 18.2 Å². The summed E-state index contributed by atoms with van der Waals surface area (Å²) in [6, 6.07) is 5.39. The molecule has 0 saturated carbocycles. The van der Waals surface area contributed by atoms with Gasteiger partial charge in [-0.1, -0.05) is 13.0 Å². The molecule has 1 aromatic rings. The molecule has 1 aromatic carbocycles. The number of carboxylic acids is 1. The highest BCUT2D eigenvalue weighted by Gasteiger charge is 2.16. The van der Waals surface area contributed by atoms with Gasteiger partial charge in [0, 0.05) is 0 Å². The van der Waals surface area contributed by atoms with Crippen LogP contribution < -0.4 is 10.1 Å². The summed E-state index contributed by atoms with van der Waals surface area (Å²) in [5.74, 6) is -0.394. The molecule has 2 rings (SSSR count). The van der Waals surface area contributed by atoms with Crippen molar-refractivity contribution >= 4 is 17.6 Å². The number of carbonyl (C=O) groups excluding carboxylic acids is 1. The molecule has 1 atom stereocenters. The van der Waals surface area contributed by atoms with Gasteiger partial charge < -0.3 is 15.2 Å². The van der Waals surface area contributed by atoms with Gasteiger partial charge in [0.1, 0.15) is 5.75 Å². The second-order valence-corrected chi connectivity index (χ2v) is 4.40. The topological polar surface area (TPSA) is 75.6 Å². The number of benzene rings is 1. The quantitative estimate of drug-likeness (QED) is 0.858. The van der Waals surface area contributed by atoms with Gasteiger partial charge in [0.25, 0.3) is 0 Å². The molecule has 2 N–H and O–H groups in total. The molecule has 0 saturated heterocycles. The van der Waals surface area contributed by atoms with Crippen LogP contribution in [0.2, 0.25) is 0 Å². The van der Waals surface area contributed by atoms with Crippen molar-refractivity contribution in [3.8, 4) is 5.75 Å². The Balaban J connectivity index is 2.25. The molecular weight excluding hydrogens is 234 g/mol. The van der Waals surface area contributed by atoms with Gasteiger partial charge in [0.05, 0.1) is 25.1 Å². The maximum absolute atomic E-state index is 11.4. The number of carbonyl (C=O) groups is 2. The Hall–Kier alpha value is -2.04. The van der Waals surface area contributed by atoms with Crippen molar-refractivity contribution in [3.05, 3.63) is 23.8 Å². The highest BCUT2D eigenvalue weighted by atomic mass is 16.5. The molecule has 1 amide bonds. The molecule has 1 aliphatic rings. The average Bonchev–Trinajstić information content (AvgIpc) is 2.47. The molecule has 1 unspecified atom stereocenters. The third-order valence-corrected chi connectivity index (χ3v) is 2.91. The highest BCUT2D eigenvalue weighted by Crippen LogP contribution is 2.31. The minimum atomic E-state index is -0.835. The lowest BCUT2D eigenvalue weighted by Crippen LogP contribution is -2.11. The zero-order chi connectivity index (χ0) is 13.1. The van der Waals surface area contributed by atoms with Crippen LogP contribution in [-0.4, -0.2) is 23.6 Å². The summed E-state index contributed by atoms with van der Waals surface area (Å²) in [5, 5.41) is 11.5. The van der Waals surface area contributed by atoms with E-state index < -0.39 is 5.97 Å². The third-order valence-electron chi connectivity index (χ3n) is 2.91. The van der Waals surface area contributed by atoms with Gasteiger partial charge in [-0.2, -0.15) is 0 Å². The number of amides is 1. The monoisotopic (exact) mass is 249 g/mol. The number of ether oxygens (including phenoxy) is 1. The fourth-order valence-electron chi connectivity index (χ4n) is 1.92. The van der Waals surface area contributed by atoms with E-state index in [2.05, 4.69) is 5.32 Å². The molecule has 5 nitrogen and oxygen atoms in total. The molecule has 0 radical (unpaired) electrons. The zero-order valence-corrected chi connectivity index (χ0v) is 10.1. The van der Waals surface area contributed by atoms with Crippen LogP contribution in [0.15, 0.2) is 18.2 Å². The first-order valence-electron chi connectivity index (χ1n) is 5.84. The van der Waals surface area contributed by atoms with Crippen LogP contribution in [0.4, 0.5) is 5.69 Å². The van der Waals surface area contributed by atoms with E-state index in [0.29, 0.717) is 24.5 Å². The van der Waals surface area contributed by atoms with Crippen molar-refractivity contribution in [3.63, 3.8) is 0 Å². The first kappa shape index (κ1) is 12.4. The van der Waals surface area contributed by atoms with Gasteiger partial charge >= 0.3 is 5.97 Å². The second-order valence-electron chi connectivity index (χ2n) is 4.40. The summed E-state index contributed by atoms with van der Waals surface area (Å²) in [4.78, 5) is 22.1. The average molecular weight is 249 g/mol. The minimum absolute atomic E-state index is 0.0631. The van der Waals surface area contributed by atoms with E-state index >= 15 is 0 Å². The van der Waals surface area contributed by atoms with Crippen molar-refractivity contribution in [1.29, 1.82) is 0 Å². The van der Waals surface area contributed by atoms with Gasteiger partial charge in [0.15, 0.2) is 0 Å². The lowest BCUT2D eigenvalue weighted by atomic mass is 9.97. The van der Waals surface area contributed by atoms with E-state index in [4.69, 9.17) is 9.84 Å². The predicted octanol–water partition coefficient (Wildman–Crippen LogP) is 1.99. The molecule has 1 aliphatic heterocycles. The fourth-order valence-corrected chi connectivity index (χ4v) is 1.92. The van der Waals surface area contributed by atoms with Gasteiger partial charge in [-0.15, -0.1) is 0 Å². The third kappa shape index (κ3) is 2.80. The number of carboxylic acid groups (broad SMARTS) is 1. The lowest BCUT2D eigenvalue weighted by molar-refractivity contribution is -0.137. The summed E-state index contributed by atoms with van der Waals surface area (Å²) >= 11 is 0. The molecule has 0 bridgehead atoms. The molecule has 0 aliphatic carbocycles. The molecule has 18 heavy (non-hydrogen) atoms. The first-order valence-corrected chi connectivity index (χ1v) is 5.84. The van der Waals surface area contributed by atoms with Crippen LogP contribution in [0, 0.1) is 0 Å². The normalized spacial score (nSPS) is 15.9. The van der Waals surface area contributed by atoms with Crippen molar-refractivity contribution < 1.29 is 19.4 Å². The lowest BCUT2D eigenvalue weighted by Gasteiger charge is -2.13. The fraction of sp³-hybridized carbons (Fsp3) is 0.385. The van der Waals surface area contributed by atoms with E-state index in [9.17, 15) is 9.59 Å². The van der Waals surface area contributed by atoms with Gasteiger partial charge in [-0.3, -0.25) is 9.59 Å². The summed E-state index contributed by atoms with van der Waals surface area (Å²) in [6.07, 6.45) is 0.391. The predicted molar refractivity (Wildman–Crippen MR) is 65.9 cm³/mol. The van der Waals surface area contributed by atoms with Gasteiger partial charge in [-0.05, 0) is 23.6 Å². The smallest absolute Gasteiger partial charge is 0.303 e. The molecule has 0 spiro atoms. The van der Waals surface area contributed by atoms with E-state index in [0.717, 1.165) is 5.56 Å². The van der Waals surface area contributed by atoms with Crippen molar-refractivity contribution in [2.45, 2.75) is 25.7 Å². The van der Waals surface area contributed by atoms with Crippen LogP contribution >= 0.6 is 0 Å². The number of fused-ring (bicyclic) bond motifs is 1. The van der Waals surface area contributed by atoms with Crippen molar-refractivity contribution in [1.82, 2.24) is 0 Å². The number of rotatable bonds is 3. The van der Waals surface area contributed by atoms with Gasteiger partial charge in [-0.25, -0.2) is 0 Å². The SMILES string of the molecule is CC(CC(=O)O)c1ccc2c(c1)NC(=O)CCO2. The van der Waals surface area contributed by atoms with Crippen molar-refractivity contribution in [2.75, 3.05) is 11.9 Å². The Kier molecular flexibility index (Phi) is 3.50. The van der Waals surface area contributed by atoms with Crippen LogP contribution in [-0.2, 0) is 9.59 Å². The van der Waals surface area contributed by atoms with Crippen LogP contribution in [0.1, 0.15) is 31.2 Å². The minimum Gasteiger partial charge on any atom is -0.491 e. The molecular formula is C13H15NO4. The number of hydrogen-bond donors (Lipinski definition) is 2. The van der Waals surface area contributed by atoms with Gasteiger partial charge in [0.2, 0.25) is 5.91 Å². The largest absolute Gasteiger partial charge is 0.491 e. The van der Waals surface area contributed by atoms with Crippen LogP contribution in [0.3, 0.4) is 0 Å². The number of anilines is 1. The Morgan fingerprint density at radius 3 is 3.06 bits per heavy atom. The van der Waals surface area contributed by atoms with Crippen LogP contribution in [0.25, 0.3) is 0 Å². The Labute approximate surface area is 105 Å². The maximum atomic E-state index is 11.4. The summed E-state index contributed by atoms with van der Waals surface area (Å²) in [5.41, 5.74) is 1.49. The number of aliphatic carboxylic acids is 1. The van der Waals surface area contributed by atoms with Crippen LogP contribution in [0.5, 0.6) is 5.75 Å². The number of nitrogens with one attached hydrogen (secondary N) is 1. The maximum Gasteiger partial charge on any atom is 0.303 e. The molecule has 0 aromatic heterocycles. The Bertz CT molecular complexity index is 484. The van der Waals surface area contributed by atoms with E-state index in [1.165, 1.54) is 0 Å². The Morgan fingerprint density at radius 2 is 2.33 bits per heavy atom. The standard InChI is InChI=1S/C13H15NO4/c1-8(6-13(16)17)9-2-3-11-10(7-9)14-12(15)4-5-18-11/h2-3,7-8H,4-6H2,1H3,(H,14,15)(H,16,17). The summed E-state index contributed by atoms with van der Waals surface area (Å²) in [7, 11) is 0. The zero-order valence-electron chi connectivity index (χ0n) is 10.1. The molecule has 0 fully saturated rings. The summed E-state index contributed by atoms with van der Waals surface area (Å²) in [6.45, 7) is 2.21. The second kappa shape index (κ2) is 5.08. The molecule has 5 heteroatoms. The highest BCUT2D eigenvalue weighted by molar-refractivity contribution is 5.93. The van der Waals surface area contributed by atoms with E-state index in [1.54, 1.807) is 12.1 Å². The first-order chi connectivity index (χ1) is 8.56. The van der Waals surface area contributed by atoms with E-state index in [1.807, 2.05) is 13.0 Å². The van der Waals surface area contributed by atoms with Crippen molar-refractivity contribution in [2.24, 2.45) is 0 Å². The number of hydrogen-bond acceptors (Lipinski definition) is 3. The Morgan fingerprint density at radius 1 is 1.56 bits per heavy atom. The molecule has 1 heterocycles. The molecule has 96 valence electrons.